The van der Waals surface area contributed by atoms with Gasteiger partial charge in [0.05, 0.1) is 22.8 Å². The summed E-state index contributed by atoms with van der Waals surface area (Å²) in [6.45, 7) is 3.96. The predicted octanol–water partition coefficient (Wildman–Crippen LogP) is 6.59. The van der Waals surface area contributed by atoms with Crippen molar-refractivity contribution in [3.63, 3.8) is 0 Å². The third-order valence-electron chi connectivity index (χ3n) is 5.97. The highest BCUT2D eigenvalue weighted by Gasteiger charge is 2.28. The summed E-state index contributed by atoms with van der Waals surface area (Å²) in [4.78, 5) is 37.0. The van der Waals surface area contributed by atoms with Gasteiger partial charge < -0.3 is 10.1 Å². The minimum absolute atomic E-state index is 0.164. The number of hydrogen-bond acceptors (Lipinski definition) is 8. The number of carbonyl (C=O) groups is 2. The first-order chi connectivity index (χ1) is 17.1. The number of thioether (sulfide) groups is 1. The molecule has 5 rings (SSSR count). The Morgan fingerprint density at radius 1 is 1.17 bits per heavy atom. The number of aromatic nitrogens is 2. The summed E-state index contributed by atoms with van der Waals surface area (Å²) in [6.07, 6.45) is 5.48. The first kappa shape index (κ1) is 24.0. The van der Waals surface area contributed by atoms with Crippen LogP contribution in [0, 0.1) is 0 Å². The van der Waals surface area contributed by atoms with Crippen LogP contribution in [0.5, 0.6) is 0 Å². The van der Waals surface area contributed by atoms with Crippen LogP contribution in [-0.2, 0) is 22.4 Å². The lowest BCUT2D eigenvalue weighted by atomic mass is 9.95. The maximum absolute atomic E-state index is 13.3. The second-order valence-electron chi connectivity index (χ2n) is 8.26. The molecule has 4 aromatic rings. The molecule has 1 aliphatic rings. The molecule has 6 nitrogen and oxygen atoms in total. The van der Waals surface area contributed by atoms with Gasteiger partial charge in [-0.05, 0) is 50.7 Å². The zero-order valence-corrected chi connectivity index (χ0v) is 21.9. The van der Waals surface area contributed by atoms with Crippen LogP contribution < -0.4 is 5.32 Å². The summed E-state index contributed by atoms with van der Waals surface area (Å²) < 4.78 is 5.32. The number of ether oxygens (including phenoxy) is 1. The second-order valence-corrected chi connectivity index (χ2v) is 11.6. The Balaban J connectivity index is 1.41. The van der Waals surface area contributed by atoms with Crippen LogP contribution >= 0.6 is 34.4 Å². The molecule has 0 saturated heterocycles. The van der Waals surface area contributed by atoms with E-state index in [0.29, 0.717) is 17.2 Å². The molecule has 0 saturated carbocycles. The second kappa shape index (κ2) is 10.5. The highest BCUT2D eigenvalue weighted by Crippen LogP contribution is 2.41. The average molecular weight is 524 g/mol. The summed E-state index contributed by atoms with van der Waals surface area (Å²) in [5.74, 6) is -0.520. The number of aryl methyl sites for hydroxylation is 1. The Kier molecular flexibility index (Phi) is 7.17. The molecule has 3 aromatic heterocycles. The molecule has 1 N–H and O–H groups in total. The Hall–Kier alpha value is -2.75. The largest absolute Gasteiger partial charge is 0.462 e. The standard InChI is InChI=1S/C26H25N3O3S3/c1-3-32-26(31)21-17-11-7-8-12-19(17)35-25(21)29-22(30)15(2)34-24-20-18(16-9-5-4-6-10-16)13-33-23(20)27-14-28-24/h4-6,9-10,13-15H,3,7-8,11-12H2,1-2H3,(H,29,30)/t15-/m1/s1. The van der Waals surface area contributed by atoms with Crippen molar-refractivity contribution in [2.24, 2.45) is 0 Å². The minimum Gasteiger partial charge on any atom is -0.462 e. The van der Waals surface area contributed by atoms with E-state index in [1.54, 1.807) is 24.6 Å². The van der Waals surface area contributed by atoms with Gasteiger partial charge in [-0.1, -0.05) is 42.1 Å². The van der Waals surface area contributed by atoms with Crippen LogP contribution in [0.15, 0.2) is 47.1 Å². The van der Waals surface area contributed by atoms with Gasteiger partial charge in [0, 0.05) is 15.8 Å². The molecule has 1 amide bonds. The molecule has 0 bridgehead atoms. The summed E-state index contributed by atoms with van der Waals surface area (Å²) in [5.41, 5.74) is 3.73. The molecule has 1 aliphatic carbocycles. The molecular formula is C26H25N3O3S3. The van der Waals surface area contributed by atoms with E-state index >= 15 is 0 Å². The molecule has 0 spiro atoms. The molecule has 0 aliphatic heterocycles. The van der Waals surface area contributed by atoms with Gasteiger partial charge in [-0.15, -0.1) is 22.7 Å². The first-order valence-corrected chi connectivity index (χ1v) is 14.2. The third-order valence-corrected chi connectivity index (χ3v) is 9.16. The van der Waals surface area contributed by atoms with E-state index in [0.717, 1.165) is 57.6 Å². The van der Waals surface area contributed by atoms with Crippen molar-refractivity contribution in [2.75, 3.05) is 11.9 Å². The zero-order valence-electron chi connectivity index (χ0n) is 19.5. The van der Waals surface area contributed by atoms with E-state index in [4.69, 9.17) is 4.74 Å². The number of carbonyl (C=O) groups excluding carboxylic acids is 2. The topological polar surface area (TPSA) is 81.2 Å². The fourth-order valence-corrected chi connectivity index (χ4v) is 7.47. The first-order valence-electron chi connectivity index (χ1n) is 11.6. The molecule has 9 heteroatoms. The molecular weight excluding hydrogens is 499 g/mol. The van der Waals surface area contributed by atoms with Crippen molar-refractivity contribution < 1.29 is 14.3 Å². The monoisotopic (exact) mass is 523 g/mol. The fraction of sp³-hybridized carbons (Fsp3) is 0.308. The molecule has 1 aromatic carbocycles. The van der Waals surface area contributed by atoms with Crippen molar-refractivity contribution in [2.45, 2.75) is 49.8 Å². The maximum Gasteiger partial charge on any atom is 0.341 e. The van der Waals surface area contributed by atoms with E-state index in [1.807, 2.05) is 25.1 Å². The molecule has 0 radical (unpaired) electrons. The molecule has 1 atom stereocenters. The lowest BCUT2D eigenvalue weighted by molar-refractivity contribution is -0.115. The lowest BCUT2D eigenvalue weighted by Crippen LogP contribution is -2.23. The van der Waals surface area contributed by atoms with Gasteiger partial charge >= 0.3 is 5.97 Å². The molecule has 0 unspecified atom stereocenters. The highest BCUT2D eigenvalue weighted by atomic mass is 32.2. The number of amides is 1. The molecule has 3 heterocycles. The third kappa shape index (κ3) is 4.85. The van der Waals surface area contributed by atoms with Gasteiger partial charge in [0.25, 0.3) is 0 Å². The zero-order chi connectivity index (χ0) is 24.4. The molecule has 0 fully saturated rings. The number of anilines is 1. The summed E-state index contributed by atoms with van der Waals surface area (Å²) in [5, 5.41) is 7.03. The van der Waals surface area contributed by atoms with Crippen LogP contribution in [0.25, 0.3) is 21.3 Å². The van der Waals surface area contributed by atoms with Crippen LogP contribution in [0.2, 0.25) is 0 Å². The number of fused-ring (bicyclic) bond motifs is 2. The highest BCUT2D eigenvalue weighted by molar-refractivity contribution is 8.00. The van der Waals surface area contributed by atoms with Crippen molar-refractivity contribution >= 4 is 61.5 Å². The Bertz CT molecular complexity index is 1380. The number of esters is 1. The number of nitrogens with one attached hydrogen (secondary N) is 1. The fourth-order valence-electron chi connectivity index (χ4n) is 4.27. The predicted molar refractivity (Wildman–Crippen MR) is 144 cm³/mol. The van der Waals surface area contributed by atoms with Gasteiger partial charge in [0.2, 0.25) is 5.91 Å². The van der Waals surface area contributed by atoms with Gasteiger partial charge in [-0.2, -0.15) is 0 Å². The number of nitrogens with zero attached hydrogens (tertiary/aromatic N) is 2. The molecule has 180 valence electrons. The normalized spacial score (nSPS) is 13.9. The Morgan fingerprint density at radius 3 is 2.77 bits per heavy atom. The summed E-state index contributed by atoms with van der Waals surface area (Å²) >= 11 is 4.48. The van der Waals surface area contributed by atoms with Crippen LogP contribution in [0.4, 0.5) is 5.00 Å². The van der Waals surface area contributed by atoms with Crippen molar-refractivity contribution in [3.8, 4) is 11.1 Å². The SMILES string of the molecule is CCOC(=O)c1c(NC(=O)[C@@H](C)Sc2ncnc3scc(-c4ccccc4)c23)sc2c1CCCC2. The van der Waals surface area contributed by atoms with Gasteiger partial charge in [0.15, 0.2) is 0 Å². The quantitative estimate of drug-likeness (QED) is 0.167. The van der Waals surface area contributed by atoms with Crippen LogP contribution in [0.1, 0.15) is 47.5 Å². The van der Waals surface area contributed by atoms with E-state index in [-0.39, 0.29) is 11.9 Å². The average Bonchev–Trinajstić information content (AvgIpc) is 3.46. The Labute approximate surface area is 216 Å². The number of hydrogen-bond donors (Lipinski definition) is 1. The van der Waals surface area contributed by atoms with Gasteiger partial charge in [-0.25, -0.2) is 14.8 Å². The van der Waals surface area contributed by atoms with Crippen molar-refractivity contribution in [1.29, 1.82) is 0 Å². The summed E-state index contributed by atoms with van der Waals surface area (Å²) in [6, 6.07) is 10.1. The number of thiophene rings is 2. The van der Waals surface area contributed by atoms with E-state index in [1.165, 1.54) is 28.0 Å². The van der Waals surface area contributed by atoms with Crippen LogP contribution in [0.3, 0.4) is 0 Å². The smallest absolute Gasteiger partial charge is 0.341 e. The maximum atomic E-state index is 13.3. The van der Waals surface area contributed by atoms with Gasteiger partial charge in [0.1, 0.15) is 21.2 Å². The number of rotatable bonds is 7. The summed E-state index contributed by atoms with van der Waals surface area (Å²) in [7, 11) is 0. The van der Waals surface area contributed by atoms with E-state index in [9.17, 15) is 9.59 Å². The number of benzene rings is 1. The van der Waals surface area contributed by atoms with Crippen LogP contribution in [-0.4, -0.2) is 33.7 Å². The van der Waals surface area contributed by atoms with E-state index in [2.05, 4.69) is 32.8 Å². The minimum atomic E-state index is -0.425. The van der Waals surface area contributed by atoms with Crippen molar-refractivity contribution in [1.82, 2.24) is 9.97 Å². The molecule has 35 heavy (non-hydrogen) atoms. The lowest BCUT2D eigenvalue weighted by Gasteiger charge is -2.14. The van der Waals surface area contributed by atoms with Gasteiger partial charge in [-0.3, -0.25) is 4.79 Å². The Morgan fingerprint density at radius 2 is 1.97 bits per heavy atom. The van der Waals surface area contributed by atoms with E-state index < -0.39 is 5.25 Å². The van der Waals surface area contributed by atoms with Crippen molar-refractivity contribution in [3.05, 3.63) is 58.0 Å².